The maximum absolute atomic E-state index is 12.8. The molecule has 0 saturated heterocycles. The van der Waals surface area contributed by atoms with Crippen molar-refractivity contribution in [2.45, 2.75) is 39.2 Å². The third kappa shape index (κ3) is 3.40. The first-order valence-electron chi connectivity index (χ1n) is 9.11. The predicted molar refractivity (Wildman–Crippen MR) is 106 cm³/mol. The zero-order valence-electron chi connectivity index (χ0n) is 15.2. The van der Waals surface area contributed by atoms with Crippen molar-refractivity contribution >= 4 is 33.9 Å². The molecule has 0 radical (unpaired) electrons. The molecule has 2 aromatic heterocycles. The molecule has 3 N–H and O–H groups in total. The number of allylic oxidation sites excluding steroid dienone is 1. The molecule has 0 unspecified atom stereocenters. The summed E-state index contributed by atoms with van der Waals surface area (Å²) in [5, 5.41) is 2.97. The van der Waals surface area contributed by atoms with Gasteiger partial charge in [-0.05, 0) is 18.6 Å². The van der Waals surface area contributed by atoms with Crippen molar-refractivity contribution in [2.75, 3.05) is 12.3 Å². The Bertz CT molecular complexity index is 944. The molecule has 1 aromatic carbocycles. The van der Waals surface area contributed by atoms with Crippen molar-refractivity contribution in [3.63, 3.8) is 0 Å². The monoisotopic (exact) mass is 351 g/mol. The lowest BCUT2D eigenvalue weighted by Crippen LogP contribution is -2.25. The standard InChI is InChI=1S/C20H25N5O/c1-3-5-6-9-12-22-20(26)16-17-19(25(13-4-2)18(16)21)24-15-11-8-7-10-14(15)23-17/h4,7-8,10-11H,2-3,5-6,9,12-13,21H2,1H3,(H,22,26). The number of para-hydroxylation sites is 2. The highest BCUT2D eigenvalue weighted by molar-refractivity contribution is 6.10. The van der Waals surface area contributed by atoms with Gasteiger partial charge in [0.2, 0.25) is 0 Å². The molecule has 0 aliphatic rings. The van der Waals surface area contributed by atoms with Crippen molar-refractivity contribution in [3.05, 3.63) is 42.5 Å². The highest BCUT2D eigenvalue weighted by Gasteiger charge is 2.23. The Hall–Kier alpha value is -2.89. The van der Waals surface area contributed by atoms with E-state index in [-0.39, 0.29) is 5.91 Å². The van der Waals surface area contributed by atoms with Crippen molar-refractivity contribution in [3.8, 4) is 0 Å². The van der Waals surface area contributed by atoms with Gasteiger partial charge in [0.05, 0.1) is 11.0 Å². The van der Waals surface area contributed by atoms with Gasteiger partial charge in [0.1, 0.15) is 16.9 Å². The number of rotatable bonds is 8. The minimum absolute atomic E-state index is 0.198. The molecule has 1 amide bonds. The van der Waals surface area contributed by atoms with Gasteiger partial charge in [0, 0.05) is 13.1 Å². The molecule has 0 fully saturated rings. The smallest absolute Gasteiger partial charge is 0.257 e. The molecule has 0 aliphatic heterocycles. The number of unbranched alkanes of at least 4 members (excludes halogenated alkanes) is 3. The second kappa shape index (κ2) is 7.99. The zero-order valence-corrected chi connectivity index (χ0v) is 15.2. The zero-order chi connectivity index (χ0) is 18.5. The van der Waals surface area contributed by atoms with Crippen LogP contribution >= 0.6 is 0 Å². The van der Waals surface area contributed by atoms with Crippen LogP contribution in [0.2, 0.25) is 0 Å². The minimum atomic E-state index is -0.198. The lowest BCUT2D eigenvalue weighted by atomic mass is 10.2. The number of benzene rings is 1. The van der Waals surface area contributed by atoms with Crippen LogP contribution in [0.1, 0.15) is 43.0 Å². The summed E-state index contributed by atoms with van der Waals surface area (Å²) < 4.78 is 1.79. The molecule has 0 aliphatic carbocycles. The van der Waals surface area contributed by atoms with E-state index in [2.05, 4.69) is 28.8 Å². The number of hydrogen-bond donors (Lipinski definition) is 2. The van der Waals surface area contributed by atoms with Gasteiger partial charge in [0.15, 0.2) is 5.65 Å². The van der Waals surface area contributed by atoms with E-state index in [4.69, 9.17) is 5.73 Å². The number of nitrogens with zero attached hydrogens (tertiary/aromatic N) is 3. The highest BCUT2D eigenvalue weighted by Crippen LogP contribution is 2.27. The normalized spacial score (nSPS) is 11.1. The van der Waals surface area contributed by atoms with Gasteiger partial charge < -0.3 is 15.6 Å². The van der Waals surface area contributed by atoms with Crippen LogP contribution in [0.5, 0.6) is 0 Å². The van der Waals surface area contributed by atoms with Crippen molar-refractivity contribution < 1.29 is 4.79 Å². The van der Waals surface area contributed by atoms with Gasteiger partial charge in [-0.3, -0.25) is 4.79 Å². The molecule has 0 saturated carbocycles. The van der Waals surface area contributed by atoms with Crippen molar-refractivity contribution in [1.29, 1.82) is 0 Å². The SMILES string of the molecule is C=CCn1c(N)c(C(=O)NCCCCCC)c2nc3ccccc3nc21. The van der Waals surface area contributed by atoms with E-state index in [0.717, 1.165) is 23.9 Å². The molecule has 0 atom stereocenters. The molecule has 6 heteroatoms. The van der Waals surface area contributed by atoms with Gasteiger partial charge in [-0.15, -0.1) is 6.58 Å². The first-order valence-corrected chi connectivity index (χ1v) is 9.11. The number of fused-ring (bicyclic) bond motifs is 2. The average Bonchev–Trinajstić information content (AvgIpc) is 2.91. The second-order valence-electron chi connectivity index (χ2n) is 6.36. The summed E-state index contributed by atoms with van der Waals surface area (Å²) in [7, 11) is 0. The summed E-state index contributed by atoms with van der Waals surface area (Å²) in [6.07, 6.45) is 6.14. The van der Waals surface area contributed by atoms with E-state index >= 15 is 0 Å². The Morgan fingerprint density at radius 3 is 2.65 bits per heavy atom. The van der Waals surface area contributed by atoms with Crippen LogP contribution < -0.4 is 11.1 Å². The molecule has 3 rings (SSSR count). The number of nitrogen functional groups attached to an aromatic ring is 1. The minimum Gasteiger partial charge on any atom is -0.384 e. The number of anilines is 1. The number of carbonyl (C=O) groups excluding carboxylic acids is 1. The summed E-state index contributed by atoms with van der Waals surface area (Å²) in [4.78, 5) is 22.1. The van der Waals surface area contributed by atoms with Crippen LogP contribution in [-0.2, 0) is 6.54 Å². The lowest BCUT2D eigenvalue weighted by molar-refractivity contribution is 0.0955. The van der Waals surface area contributed by atoms with Crippen LogP contribution in [-0.4, -0.2) is 27.0 Å². The molecule has 6 nitrogen and oxygen atoms in total. The van der Waals surface area contributed by atoms with Crippen LogP contribution in [0, 0.1) is 0 Å². The molecule has 136 valence electrons. The number of carbonyl (C=O) groups is 1. The lowest BCUT2D eigenvalue weighted by Gasteiger charge is -2.06. The molecule has 0 bridgehead atoms. The van der Waals surface area contributed by atoms with E-state index in [9.17, 15) is 4.79 Å². The highest BCUT2D eigenvalue weighted by atomic mass is 16.1. The van der Waals surface area contributed by atoms with Gasteiger partial charge in [0.25, 0.3) is 5.91 Å². The van der Waals surface area contributed by atoms with Gasteiger partial charge >= 0.3 is 0 Å². The molecule has 3 aromatic rings. The third-order valence-corrected chi connectivity index (χ3v) is 4.45. The number of amides is 1. The van der Waals surface area contributed by atoms with Crippen LogP contribution in [0.3, 0.4) is 0 Å². The van der Waals surface area contributed by atoms with E-state index < -0.39 is 0 Å². The fourth-order valence-electron chi connectivity index (χ4n) is 3.10. The van der Waals surface area contributed by atoms with E-state index in [0.29, 0.717) is 35.6 Å². The molecular weight excluding hydrogens is 326 g/mol. The van der Waals surface area contributed by atoms with Crippen LogP contribution in [0.4, 0.5) is 5.82 Å². The Balaban J connectivity index is 2.00. The fourth-order valence-corrected chi connectivity index (χ4v) is 3.10. The summed E-state index contributed by atoms with van der Waals surface area (Å²) in [5.41, 5.74) is 9.35. The third-order valence-electron chi connectivity index (χ3n) is 4.45. The summed E-state index contributed by atoms with van der Waals surface area (Å²) in [6.45, 7) is 7.04. The summed E-state index contributed by atoms with van der Waals surface area (Å²) in [5.74, 6) is 0.178. The molecule has 26 heavy (non-hydrogen) atoms. The van der Waals surface area contributed by atoms with Crippen LogP contribution in [0.15, 0.2) is 36.9 Å². The topological polar surface area (TPSA) is 85.8 Å². The van der Waals surface area contributed by atoms with Gasteiger partial charge in [-0.25, -0.2) is 9.97 Å². The predicted octanol–water partition coefficient (Wildman–Crippen LogP) is 3.66. The quantitative estimate of drug-likeness (QED) is 0.479. The fraction of sp³-hybridized carbons (Fsp3) is 0.350. The maximum Gasteiger partial charge on any atom is 0.257 e. The number of nitrogens with two attached hydrogens (primary N) is 1. The Morgan fingerprint density at radius 1 is 1.23 bits per heavy atom. The first-order chi connectivity index (χ1) is 12.7. The van der Waals surface area contributed by atoms with Crippen molar-refractivity contribution in [2.24, 2.45) is 0 Å². The summed E-state index contributed by atoms with van der Waals surface area (Å²) >= 11 is 0. The number of hydrogen-bond acceptors (Lipinski definition) is 4. The number of nitrogens with one attached hydrogen (secondary N) is 1. The average molecular weight is 351 g/mol. The number of aromatic nitrogens is 3. The first kappa shape index (κ1) is 17.9. The molecular formula is C20H25N5O. The van der Waals surface area contributed by atoms with Crippen LogP contribution in [0.25, 0.3) is 22.2 Å². The summed E-state index contributed by atoms with van der Waals surface area (Å²) in [6, 6.07) is 7.60. The van der Waals surface area contributed by atoms with Crippen molar-refractivity contribution in [1.82, 2.24) is 19.9 Å². The second-order valence-corrected chi connectivity index (χ2v) is 6.36. The Morgan fingerprint density at radius 2 is 1.96 bits per heavy atom. The Kier molecular flexibility index (Phi) is 5.51. The van der Waals surface area contributed by atoms with E-state index in [1.165, 1.54) is 12.8 Å². The molecule has 0 spiro atoms. The van der Waals surface area contributed by atoms with E-state index in [1.807, 2.05) is 24.3 Å². The molecule has 2 heterocycles. The largest absolute Gasteiger partial charge is 0.384 e. The van der Waals surface area contributed by atoms with Gasteiger partial charge in [-0.1, -0.05) is 44.4 Å². The van der Waals surface area contributed by atoms with E-state index in [1.54, 1.807) is 10.6 Å². The van der Waals surface area contributed by atoms with Gasteiger partial charge in [-0.2, -0.15) is 0 Å². The Labute approximate surface area is 153 Å². The maximum atomic E-state index is 12.8.